The Balaban J connectivity index is 3.11. The lowest BCUT2D eigenvalue weighted by atomic mass is 10.1. The first-order chi connectivity index (χ1) is 7.81. The molecule has 0 saturated carbocycles. The van der Waals surface area contributed by atoms with Gasteiger partial charge in [0.2, 0.25) is 0 Å². The molecule has 0 amide bonds. The van der Waals surface area contributed by atoms with Crippen molar-refractivity contribution in [2.75, 3.05) is 12.8 Å². The van der Waals surface area contributed by atoms with Gasteiger partial charge in [-0.25, -0.2) is 0 Å². The minimum Gasteiger partial charge on any atom is -0.146 e. The van der Waals surface area contributed by atoms with Gasteiger partial charge in [-0.2, -0.15) is 0 Å². The topological polar surface area (TPSA) is 26.3 Å². The summed E-state index contributed by atoms with van der Waals surface area (Å²) >= 11 is 0. The van der Waals surface area contributed by atoms with E-state index in [0.29, 0.717) is 6.61 Å². The summed E-state index contributed by atoms with van der Waals surface area (Å²) in [7, 11) is -1.37. The van der Waals surface area contributed by atoms with Crippen molar-refractivity contribution in [3.8, 4) is 0 Å². The fourth-order valence-electron chi connectivity index (χ4n) is 1.60. The van der Waals surface area contributed by atoms with Gasteiger partial charge in [-0.3, -0.25) is 0 Å². The van der Waals surface area contributed by atoms with Crippen LogP contribution in [0, 0.1) is 0 Å². The van der Waals surface area contributed by atoms with E-state index in [-0.39, 0.29) is 0 Å². The summed E-state index contributed by atoms with van der Waals surface area (Å²) in [6, 6.07) is 0. The molecule has 0 aromatic rings. The molecular formula is C13H28O2P+. The smallest absolute Gasteiger partial charge is 0.146 e. The largest absolute Gasteiger partial charge is 0.508 e. The second kappa shape index (κ2) is 13.1. The Morgan fingerprint density at radius 2 is 1.38 bits per heavy atom. The predicted octanol–water partition coefficient (Wildman–Crippen LogP) is 5.30. The van der Waals surface area contributed by atoms with Gasteiger partial charge in [0.25, 0.3) is 0 Å². The fraction of sp³-hybridized carbons (Fsp3) is 1.00. The van der Waals surface area contributed by atoms with Crippen LogP contribution >= 0.6 is 8.03 Å². The van der Waals surface area contributed by atoms with Crippen LogP contribution in [0.25, 0.3) is 0 Å². The van der Waals surface area contributed by atoms with E-state index in [4.69, 9.17) is 4.52 Å². The zero-order valence-electron chi connectivity index (χ0n) is 11.0. The zero-order chi connectivity index (χ0) is 12.1. The molecule has 1 atom stereocenters. The molecule has 0 aliphatic rings. The molecule has 16 heavy (non-hydrogen) atoms. The van der Waals surface area contributed by atoms with Crippen molar-refractivity contribution in [3.05, 3.63) is 0 Å². The van der Waals surface area contributed by atoms with Gasteiger partial charge in [-0.1, -0.05) is 52.4 Å². The highest BCUT2D eigenvalue weighted by atomic mass is 31.1. The van der Waals surface area contributed by atoms with Gasteiger partial charge in [0.15, 0.2) is 6.16 Å². The van der Waals surface area contributed by atoms with Crippen LogP contribution in [0.3, 0.4) is 0 Å². The molecule has 0 spiro atoms. The van der Waals surface area contributed by atoms with Crippen molar-refractivity contribution in [1.82, 2.24) is 0 Å². The van der Waals surface area contributed by atoms with Crippen molar-refractivity contribution < 1.29 is 9.09 Å². The molecule has 2 nitrogen and oxygen atoms in total. The first-order valence-electron chi connectivity index (χ1n) is 6.88. The summed E-state index contributed by atoms with van der Waals surface area (Å²) in [5.41, 5.74) is 0. The first-order valence-corrected chi connectivity index (χ1v) is 8.25. The molecule has 0 rings (SSSR count). The van der Waals surface area contributed by atoms with Gasteiger partial charge in [-0.05, 0) is 23.8 Å². The summed E-state index contributed by atoms with van der Waals surface area (Å²) in [6.45, 7) is 5.07. The normalized spacial score (nSPS) is 11.8. The van der Waals surface area contributed by atoms with Crippen molar-refractivity contribution in [2.45, 2.75) is 71.6 Å². The van der Waals surface area contributed by atoms with Crippen molar-refractivity contribution in [2.24, 2.45) is 0 Å². The Hall–Kier alpha value is 0.0600. The molecule has 0 fully saturated rings. The van der Waals surface area contributed by atoms with E-state index in [1.807, 2.05) is 0 Å². The standard InChI is InChI=1S/C13H28O2P/c1-3-5-7-8-9-11-13-16(14)15-12-10-6-4-2/h3-13H2,1-2H3/q+1. The van der Waals surface area contributed by atoms with Crippen LogP contribution in [0.15, 0.2) is 0 Å². The molecule has 0 aliphatic carbocycles. The molecule has 0 aliphatic heterocycles. The maximum Gasteiger partial charge on any atom is 0.508 e. The quantitative estimate of drug-likeness (QED) is 0.345. The van der Waals surface area contributed by atoms with Crippen LogP contribution in [0.2, 0.25) is 0 Å². The van der Waals surface area contributed by atoms with Gasteiger partial charge in [0.1, 0.15) is 6.61 Å². The third-order valence-electron chi connectivity index (χ3n) is 2.68. The molecule has 0 N–H and O–H groups in total. The van der Waals surface area contributed by atoms with Crippen LogP contribution in [0.1, 0.15) is 71.6 Å². The van der Waals surface area contributed by atoms with Crippen LogP contribution < -0.4 is 0 Å². The van der Waals surface area contributed by atoms with E-state index in [0.717, 1.165) is 19.0 Å². The van der Waals surface area contributed by atoms with Gasteiger partial charge in [-0.15, -0.1) is 4.52 Å². The Morgan fingerprint density at radius 3 is 2.06 bits per heavy atom. The van der Waals surface area contributed by atoms with Gasteiger partial charge in [0, 0.05) is 0 Å². The van der Waals surface area contributed by atoms with Crippen LogP contribution in [0.4, 0.5) is 0 Å². The molecule has 0 bridgehead atoms. The van der Waals surface area contributed by atoms with Crippen molar-refractivity contribution in [1.29, 1.82) is 0 Å². The molecule has 0 heterocycles. The summed E-state index contributed by atoms with van der Waals surface area (Å²) < 4.78 is 16.7. The molecule has 1 unspecified atom stereocenters. The lowest BCUT2D eigenvalue weighted by Gasteiger charge is -1.96. The summed E-state index contributed by atoms with van der Waals surface area (Å²) in [4.78, 5) is 0. The summed E-state index contributed by atoms with van der Waals surface area (Å²) in [6.07, 6.45) is 11.7. The van der Waals surface area contributed by atoms with E-state index in [1.54, 1.807) is 0 Å². The highest BCUT2D eigenvalue weighted by molar-refractivity contribution is 7.39. The SMILES string of the molecule is CCCCCCCC[P+](=O)OCCCCC. The molecule has 0 aromatic heterocycles. The van der Waals surface area contributed by atoms with Crippen molar-refractivity contribution >= 4 is 8.03 Å². The minimum absolute atomic E-state index is 0.679. The second-order valence-corrected chi connectivity index (χ2v) is 5.74. The Bertz CT molecular complexity index is 160. The lowest BCUT2D eigenvalue weighted by Crippen LogP contribution is -1.89. The van der Waals surface area contributed by atoms with E-state index >= 15 is 0 Å². The summed E-state index contributed by atoms with van der Waals surface area (Å²) in [5, 5.41) is 0. The maximum atomic E-state index is 11.4. The van der Waals surface area contributed by atoms with Crippen LogP contribution in [-0.2, 0) is 9.09 Å². The molecule has 3 heteroatoms. The average molecular weight is 247 g/mol. The maximum absolute atomic E-state index is 11.4. The fourth-order valence-corrected chi connectivity index (χ4v) is 2.55. The van der Waals surface area contributed by atoms with Gasteiger partial charge >= 0.3 is 8.03 Å². The zero-order valence-corrected chi connectivity index (χ0v) is 11.9. The predicted molar refractivity (Wildman–Crippen MR) is 71.3 cm³/mol. The molecular weight excluding hydrogens is 219 g/mol. The number of rotatable bonds is 12. The van der Waals surface area contributed by atoms with Crippen molar-refractivity contribution in [3.63, 3.8) is 0 Å². The average Bonchev–Trinajstić information content (AvgIpc) is 2.29. The molecule has 0 radical (unpaired) electrons. The number of hydrogen-bond donors (Lipinski definition) is 0. The van der Waals surface area contributed by atoms with Crippen LogP contribution in [-0.4, -0.2) is 12.8 Å². The summed E-state index contributed by atoms with van der Waals surface area (Å²) in [5.74, 6) is 0. The second-order valence-electron chi connectivity index (χ2n) is 4.36. The lowest BCUT2D eigenvalue weighted by molar-refractivity contribution is 0.317. The molecule has 0 aromatic carbocycles. The Kier molecular flexibility index (Phi) is 13.2. The van der Waals surface area contributed by atoms with E-state index in [1.165, 1.54) is 44.9 Å². The van der Waals surface area contributed by atoms with Gasteiger partial charge < -0.3 is 0 Å². The molecule has 0 saturated heterocycles. The van der Waals surface area contributed by atoms with E-state index in [2.05, 4.69) is 13.8 Å². The van der Waals surface area contributed by atoms with Crippen LogP contribution in [0.5, 0.6) is 0 Å². The van der Waals surface area contributed by atoms with Gasteiger partial charge in [0.05, 0.1) is 0 Å². The highest BCUT2D eigenvalue weighted by Crippen LogP contribution is 2.24. The Morgan fingerprint density at radius 1 is 0.812 bits per heavy atom. The minimum atomic E-state index is -1.37. The third kappa shape index (κ3) is 12.1. The Labute approximate surface area is 102 Å². The first kappa shape index (κ1) is 16.1. The molecule has 96 valence electrons. The monoisotopic (exact) mass is 247 g/mol. The van der Waals surface area contributed by atoms with E-state index < -0.39 is 8.03 Å². The van der Waals surface area contributed by atoms with E-state index in [9.17, 15) is 4.57 Å². The number of unbranched alkanes of at least 4 members (excludes halogenated alkanes) is 7. The highest BCUT2D eigenvalue weighted by Gasteiger charge is 2.15. The number of hydrogen-bond acceptors (Lipinski definition) is 2. The third-order valence-corrected chi connectivity index (χ3v) is 3.83.